The molecule has 7 atom stereocenters. The Hall–Kier alpha value is -0.143. The van der Waals surface area contributed by atoms with E-state index in [1.807, 2.05) is 26.9 Å². The summed E-state index contributed by atoms with van der Waals surface area (Å²) >= 11 is 0. The fourth-order valence-electron chi connectivity index (χ4n) is 2.87. The summed E-state index contributed by atoms with van der Waals surface area (Å²) in [7, 11) is -2.36. The number of rotatable bonds is 6. The third-order valence-corrected chi connectivity index (χ3v) is 6.44. The van der Waals surface area contributed by atoms with Crippen LogP contribution in [0.3, 0.4) is 0 Å². The Bertz CT molecular complexity index is 376. The summed E-state index contributed by atoms with van der Waals surface area (Å²) in [5.41, 5.74) is 0. The monoisotopic (exact) mass is 356 g/mol. The fraction of sp³-hybridized carbons (Fsp3) is 1.00. The molecule has 0 amide bonds. The van der Waals surface area contributed by atoms with E-state index in [-0.39, 0.29) is 0 Å². The Morgan fingerprint density at radius 1 is 0.957 bits per heavy atom. The Labute approximate surface area is 135 Å². The molecule has 1 rings (SSSR count). The van der Waals surface area contributed by atoms with Gasteiger partial charge in [0, 0.05) is 0 Å². The molecule has 0 aromatic carbocycles. The first-order valence-electron chi connectivity index (χ1n) is 7.48. The molecular formula is C13H28O9Si. The molecule has 9 nitrogen and oxygen atoms in total. The molecule has 1 saturated carbocycles. The third-order valence-electron chi connectivity index (χ3n) is 3.80. The van der Waals surface area contributed by atoms with Crippen molar-refractivity contribution in [2.75, 3.05) is 0 Å². The van der Waals surface area contributed by atoms with Gasteiger partial charge >= 0.3 is 0 Å². The normalized spacial score (nSPS) is 40.4. The van der Waals surface area contributed by atoms with Gasteiger partial charge in [0.2, 0.25) is 5.79 Å². The lowest BCUT2D eigenvalue weighted by molar-refractivity contribution is -0.417. The van der Waals surface area contributed by atoms with Gasteiger partial charge in [-0.3, -0.25) is 4.74 Å². The van der Waals surface area contributed by atoms with Crippen LogP contribution in [0.5, 0.6) is 0 Å². The van der Waals surface area contributed by atoms with E-state index in [1.165, 1.54) is 0 Å². The molecular weight excluding hydrogens is 328 g/mol. The minimum absolute atomic E-state index is 0.302. The highest BCUT2D eigenvalue weighted by molar-refractivity contribution is 6.71. The van der Waals surface area contributed by atoms with Crippen molar-refractivity contribution in [2.24, 2.45) is 5.92 Å². The van der Waals surface area contributed by atoms with Gasteiger partial charge in [-0.05, 0) is 25.1 Å². The number of aliphatic hydroxyl groups excluding tert-OH is 6. The lowest BCUT2D eigenvalue weighted by Gasteiger charge is -2.47. The molecule has 1 aliphatic rings. The highest BCUT2D eigenvalue weighted by Gasteiger charge is 2.60. The van der Waals surface area contributed by atoms with Crippen LogP contribution in [0, 0.1) is 5.92 Å². The maximum absolute atomic E-state index is 10.2. The summed E-state index contributed by atoms with van der Waals surface area (Å²) in [5, 5.41) is 68.5. The van der Waals surface area contributed by atoms with Crippen LogP contribution in [0.4, 0.5) is 0 Å². The molecule has 0 aromatic heterocycles. The van der Waals surface area contributed by atoms with Gasteiger partial charge in [-0.2, -0.15) is 0 Å². The van der Waals surface area contributed by atoms with Crippen molar-refractivity contribution in [3.8, 4) is 0 Å². The van der Waals surface area contributed by atoms with Crippen LogP contribution < -0.4 is 0 Å². The van der Waals surface area contributed by atoms with E-state index in [2.05, 4.69) is 0 Å². The first-order valence-corrected chi connectivity index (χ1v) is 10.6. The van der Waals surface area contributed by atoms with E-state index in [0.29, 0.717) is 12.0 Å². The molecule has 1 fully saturated rings. The van der Waals surface area contributed by atoms with Crippen molar-refractivity contribution in [2.45, 2.75) is 75.8 Å². The maximum atomic E-state index is 10.2. The number of hydrogen-bond acceptors (Lipinski definition) is 9. The SMILES string of the molecule is CC(C)C[Si](C)(C)OC(O)O[C@]1(O)[C@H](O)[C@H](O)[C@@H](O)[C@H](O)[C@H]1O. The third kappa shape index (κ3) is 4.69. The Kier molecular flexibility index (Phi) is 6.72. The second-order valence-corrected chi connectivity index (χ2v) is 11.2. The largest absolute Gasteiger partial charge is 0.387 e. The van der Waals surface area contributed by atoms with Crippen LogP contribution in [0.1, 0.15) is 13.8 Å². The van der Waals surface area contributed by atoms with Gasteiger partial charge in [0.25, 0.3) is 6.48 Å². The van der Waals surface area contributed by atoms with Crippen molar-refractivity contribution in [3.63, 3.8) is 0 Å². The average Bonchev–Trinajstić information content (AvgIpc) is 2.39. The van der Waals surface area contributed by atoms with Gasteiger partial charge in [-0.1, -0.05) is 13.8 Å². The Balaban J connectivity index is 2.83. The molecule has 0 saturated heterocycles. The zero-order valence-corrected chi connectivity index (χ0v) is 14.7. The zero-order valence-electron chi connectivity index (χ0n) is 13.7. The van der Waals surface area contributed by atoms with E-state index in [4.69, 9.17) is 9.16 Å². The topological polar surface area (TPSA) is 160 Å². The van der Waals surface area contributed by atoms with Crippen LogP contribution in [-0.2, 0) is 9.16 Å². The number of hydrogen-bond donors (Lipinski definition) is 7. The van der Waals surface area contributed by atoms with Crippen LogP contribution in [0.25, 0.3) is 0 Å². The summed E-state index contributed by atoms with van der Waals surface area (Å²) in [6, 6.07) is 0.681. The minimum atomic E-state index is -2.90. The van der Waals surface area contributed by atoms with Gasteiger partial charge < -0.3 is 40.2 Å². The summed E-state index contributed by atoms with van der Waals surface area (Å²) in [6.07, 6.45) is -10.2. The van der Waals surface area contributed by atoms with Crippen LogP contribution >= 0.6 is 0 Å². The molecule has 7 N–H and O–H groups in total. The van der Waals surface area contributed by atoms with Crippen molar-refractivity contribution in [1.82, 2.24) is 0 Å². The van der Waals surface area contributed by atoms with Crippen LogP contribution in [-0.4, -0.2) is 86.8 Å². The highest BCUT2D eigenvalue weighted by Crippen LogP contribution is 2.33. The zero-order chi connectivity index (χ0) is 18.2. The number of aliphatic hydroxyl groups is 7. The first kappa shape index (κ1) is 20.9. The maximum Gasteiger partial charge on any atom is 0.262 e. The summed E-state index contributed by atoms with van der Waals surface area (Å²) in [4.78, 5) is 0. The lowest BCUT2D eigenvalue weighted by atomic mass is 9.82. The Morgan fingerprint density at radius 3 is 1.78 bits per heavy atom. The first-order chi connectivity index (χ1) is 10.3. The standard InChI is InChI=1S/C13H28O9Si/c1-6(2)5-23(3,4)22-12(19)21-13(20)10(17)8(15)7(14)9(16)11(13)18/h6-12,14-20H,5H2,1-4H3/t7-,8-,9+,10-,11-,12?,13-/m1/s1. The molecule has 10 heteroatoms. The Morgan fingerprint density at radius 2 is 1.39 bits per heavy atom. The van der Waals surface area contributed by atoms with Gasteiger partial charge in [0.05, 0.1) is 0 Å². The quantitative estimate of drug-likeness (QED) is 0.204. The van der Waals surface area contributed by atoms with E-state index in [0.717, 1.165) is 0 Å². The second-order valence-electron chi connectivity index (χ2n) is 7.01. The van der Waals surface area contributed by atoms with E-state index >= 15 is 0 Å². The van der Waals surface area contributed by atoms with Crippen LogP contribution in [0.15, 0.2) is 0 Å². The van der Waals surface area contributed by atoms with Crippen molar-refractivity contribution in [3.05, 3.63) is 0 Å². The predicted molar refractivity (Wildman–Crippen MR) is 80.3 cm³/mol. The second kappa shape index (κ2) is 7.40. The summed E-state index contributed by atoms with van der Waals surface area (Å²) < 4.78 is 10.2. The minimum Gasteiger partial charge on any atom is -0.387 e. The molecule has 0 heterocycles. The molecule has 23 heavy (non-hydrogen) atoms. The van der Waals surface area contributed by atoms with Gasteiger partial charge in [-0.25, -0.2) is 0 Å². The van der Waals surface area contributed by atoms with E-state index in [1.54, 1.807) is 0 Å². The highest BCUT2D eigenvalue weighted by atomic mass is 28.4. The van der Waals surface area contributed by atoms with Gasteiger partial charge in [0.15, 0.2) is 8.32 Å². The van der Waals surface area contributed by atoms with Gasteiger partial charge in [0.1, 0.15) is 30.5 Å². The molecule has 0 aromatic rings. The molecule has 0 bridgehead atoms. The van der Waals surface area contributed by atoms with Gasteiger partial charge in [-0.15, -0.1) is 0 Å². The van der Waals surface area contributed by atoms with Crippen molar-refractivity contribution in [1.29, 1.82) is 0 Å². The smallest absolute Gasteiger partial charge is 0.262 e. The molecule has 138 valence electrons. The lowest BCUT2D eigenvalue weighted by Crippen LogP contribution is -2.72. The van der Waals surface area contributed by atoms with Crippen LogP contribution in [0.2, 0.25) is 19.1 Å². The van der Waals surface area contributed by atoms with Crippen molar-refractivity contribution < 1.29 is 44.9 Å². The number of ether oxygens (including phenoxy) is 1. The predicted octanol–water partition coefficient (Wildman–Crippen LogP) is -2.34. The summed E-state index contributed by atoms with van der Waals surface area (Å²) in [5.74, 6) is -2.60. The molecule has 0 radical (unpaired) electrons. The molecule has 1 unspecified atom stereocenters. The van der Waals surface area contributed by atoms with E-state index in [9.17, 15) is 35.7 Å². The van der Waals surface area contributed by atoms with E-state index < -0.39 is 51.1 Å². The molecule has 0 spiro atoms. The molecule has 1 aliphatic carbocycles. The average molecular weight is 356 g/mol. The fourth-order valence-corrected chi connectivity index (χ4v) is 5.53. The van der Waals surface area contributed by atoms with Crippen molar-refractivity contribution >= 4 is 8.32 Å². The molecule has 0 aliphatic heterocycles. The summed E-state index contributed by atoms with van der Waals surface area (Å²) in [6.45, 7) is 5.58.